The van der Waals surface area contributed by atoms with Gasteiger partial charge < -0.3 is 5.11 Å². The second kappa shape index (κ2) is 5.42. The van der Waals surface area contributed by atoms with Crippen LogP contribution in [0.5, 0.6) is 0 Å². The van der Waals surface area contributed by atoms with E-state index in [1.54, 1.807) is 12.1 Å². The van der Waals surface area contributed by atoms with Crippen molar-refractivity contribution in [1.82, 2.24) is 4.90 Å². The second-order valence-corrected chi connectivity index (χ2v) is 5.78. The van der Waals surface area contributed by atoms with Gasteiger partial charge in [-0.25, -0.2) is 4.79 Å². The van der Waals surface area contributed by atoms with Gasteiger partial charge in [-0.3, -0.25) is 9.11 Å². The smallest absolute Gasteiger partial charge is 0.336 e. The van der Waals surface area contributed by atoms with Crippen LogP contribution in [0.3, 0.4) is 0 Å². The molecule has 1 aromatic carbocycles. The number of hydrogen-bond acceptors (Lipinski definition) is 3. The summed E-state index contributed by atoms with van der Waals surface area (Å²) in [4.78, 5) is 13.2. The van der Waals surface area contributed by atoms with E-state index in [4.69, 9.17) is 5.11 Å². The lowest BCUT2D eigenvalue weighted by Crippen LogP contribution is -2.37. The fourth-order valence-corrected chi connectivity index (χ4v) is 3.07. The number of rotatable bonds is 3. The number of carboxylic acid groups (broad SMARTS) is 1. The van der Waals surface area contributed by atoms with Crippen LogP contribution < -0.4 is 0 Å². The molecular weight excluding hydrogens is 238 g/mol. The molecule has 1 aliphatic rings. The van der Waals surface area contributed by atoms with Crippen LogP contribution in [0.2, 0.25) is 0 Å². The minimum Gasteiger partial charge on any atom is -0.478 e. The van der Waals surface area contributed by atoms with Crippen molar-refractivity contribution in [1.29, 1.82) is 0 Å². The van der Waals surface area contributed by atoms with Crippen molar-refractivity contribution in [2.24, 2.45) is 0 Å². The van der Waals surface area contributed by atoms with Crippen molar-refractivity contribution >= 4 is 16.8 Å². The van der Waals surface area contributed by atoms with Gasteiger partial charge in [0, 0.05) is 41.9 Å². The average molecular weight is 253 g/mol. The van der Waals surface area contributed by atoms with Gasteiger partial charge in [-0.1, -0.05) is 18.2 Å². The molecule has 1 aliphatic heterocycles. The third kappa shape index (κ3) is 3.14. The Morgan fingerprint density at radius 1 is 1.29 bits per heavy atom. The maximum atomic E-state index is 11.2. The largest absolute Gasteiger partial charge is 0.478 e. The van der Waals surface area contributed by atoms with Crippen LogP contribution in [0.25, 0.3) is 0 Å². The van der Waals surface area contributed by atoms with Crippen LogP contribution in [0.4, 0.5) is 0 Å². The van der Waals surface area contributed by atoms with Gasteiger partial charge in [0.25, 0.3) is 0 Å². The Hall–Kier alpha value is -1.20. The van der Waals surface area contributed by atoms with Crippen LogP contribution in [-0.2, 0) is 17.3 Å². The van der Waals surface area contributed by atoms with Crippen LogP contribution >= 0.6 is 0 Å². The van der Waals surface area contributed by atoms with Crippen molar-refractivity contribution in [3.05, 3.63) is 35.4 Å². The summed E-state index contributed by atoms with van der Waals surface area (Å²) in [5.41, 5.74) is 1.19. The fourth-order valence-electron chi connectivity index (χ4n) is 1.94. The van der Waals surface area contributed by atoms with E-state index in [0.29, 0.717) is 23.6 Å². The molecule has 0 aromatic heterocycles. The molecule has 0 radical (unpaired) electrons. The third-order valence-electron chi connectivity index (χ3n) is 2.91. The lowest BCUT2D eigenvalue weighted by Gasteiger charge is -2.26. The van der Waals surface area contributed by atoms with Crippen LogP contribution in [0, 0.1) is 0 Å². The van der Waals surface area contributed by atoms with E-state index in [1.165, 1.54) is 0 Å². The number of aromatic carboxylic acids is 1. The Labute approximate surface area is 103 Å². The molecule has 0 unspecified atom stereocenters. The maximum absolute atomic E-state index is 11.2. The fraction of sp³-hybridized carbons (Fsp3) is 0.417. The van der Waals surface area contributed by atoms with E-state index in [0.717, 1.165) is 18.7 Å². The number of hydrogen-bond donors (Lipinski definition) is 1. The molecule has 0 atom stereocenters. The first-order chi connectivity index (χ1) is 8.16. The highest BCUT2D eigenvalue weighted by molar-refractivity contribution is 7.85. The molecule has 0 aliphatic carbocycles. The average Bonchev–Trinajstić information content (AvgIpc) is 2.32. The van der Waals surface area contributed by atoms with Gasteiger partial charge in [0.1, 0.15) is 0 Å². The summed E-state index contributed by atoms with van der Waals surface area (Å²) in [5, 5.41) is 9.07. The van der Waals surface area contributed by atoms with E-state index in [1.807, 2.05) is 12.1 Å². The van der Waals surface area contributed by atoms with Crippen molar-refractivity contribution in [3.8, 4) is 0 Å². The predicted molar refractivity (Wildman–Crippen MR) is 66.6 cm³/mol. The summed E-state index contributed by atoms with van der Waals surface area (Å²) in [6, 6.07) is 7.05. The van der Waals surface area contributed by atoms with Crippen LogP contribution in [0.15, 0.2) is 24.3 Å². The standard InChI is InChI=1S/C12H15NO3S/c14-12(15)11-4-2-1-3-10(11)9-13-5-7-17(16)8-6-13/h1-4H,5-9H2,(H,14,15). The van der Waals surface area contributed by atoms with Crippen LogP contribution in [0.1, 0.15) is 15.9 Å². The van der Waals surface area contributed by atoms with E-state index in [2.05, 4.69) is 4.90 Å². The van der Waals surface area contributed by atoms with E-state index in [9.17, 15) is 9.00 Å². The first-order valence-electron chi connectivity index (χ1n) is 5.55. The van der Waals surface area contributed by atoms with Gasteiger partial charge in [-0.2, -0.15) is 0 Å². The SMILES string of the molecule is O=C(O)c1ccccc1CN1CCS(=O)CC1. The molecule has 5 heteroatoms. The summed E-state index contributed by atoms with van der Waals surface area (Å²) < 4.78 is 11.2. The Kier molecular flexibility index (Phi) is 3.91. The monoisotopic (exact) mass is 253 g/mol. The molecule has 1 saturated heterocycles. The zero-order valence-corrected chi connectivity index (χ0v) is 10.3. The molecule has 4 nitrogen and oxygen atoms in total. The quantitative estimate of drug-likeness (QED) is 0.871. The summed E-state index contributed by atoms with van der Waals surface area (Å²) in [6.45, 7) is 2.18. The maximum Gasteiger partial charge on any atom is 0.336 e. The summed E-state index contributed by atoms with van der Waals surface area (Å²) in [7, 11) is -0.691. The minimum absolute atomic E-state index is 0.360. The molecule has 1 aromatic rings. The molecule has 1 N–H and O–H groups in total. The van der Waals surface area contributed by atoms with Gasteiger partial charge in [-0.05, 0) is 11.6 Å². The number of carboxylic acids is 1. The van der Waals surface area contributed by atoms with Gasteiger partial charge in [-0.15, -0.1) is 0 Å². The van der Waals surface area contributed by atoms with Gasteiger partial charge in [0.2, 0.25) is 0 Å². The molecule has 0 spiro atoms. The molecular formula is C12H15NO3S. The molecule has 1 fully saturated rings. The topological polar surface area (TPSA) is 57.6 Å². The summed E-state index contributed by atoms with van der Waals surface area (Å²) in [5.74, 6) is 0.492. The Bertz CT molecular complexity index is 437. The number of nitrogens with zero attached hydrogens (tertiary/aromatic N) is 1. The van der Waals surface area contributed by atoms with Gasteiger partial charge in [0.05, 0.1) is 5.56 Å². The number of benzene rings is 1. The van der Waals surface area contributed by atoms with Gasteiger partial charge >= 0.3 is 5.97 Å². The van der Waals surface area contributed by atoms with E-state index < -0.39 is 16.8 Å². The zero-order chi connectivity index (χ0) is 12.3. The molecule has 2 rings (SSSR count). The third-order valence-corrected chi connectivity index (χ3v) is 4.19. The highest BCUT2D eigenvalue weighted by Gasteiger charge is 2.17. The predicted octanol–water partition coefficient (Wildman–Crippen LogP) is 0.949. The summed E-state index contributed by atoms with van der Waals surface area (Å²) in [6.07, 6.45) is 0. The molecule has 1 heterocycles. The lowest BCUT2D eigenvalue weighted by molar-refractivity contribution is 0.0694. The molecule has 17 heavy (non-hydrogen) atoms. The summed E-state index contributed by atoms with van der Waals surface area (Å²) >= 11 is 0. The minimum atomic E-state index is -0.888. The molecule has 92 valence electrons. The zero-order valence-electron chi connectivity index (χ0n) is 9.46. The lowest BCUT2D eigenvalue weighted by atomic mass is 10.1. The Balaban J connectivity index is 2.08. The van der Waals surface area contributed by atoms with Crippen LogP contribution in [-0.4, -0.2) is 44.8 Å². The molecule has 0 saturated carbocycles. The first kappa shape index (κ1) is 12.3. The number of carbonyl (C=O) groups is 1. The van der Waals surface area contributed by atoms with Crippen molar-refractivity contribution in [2.45, 2.75) is 6.54 Å². The molecule has 0 bridgehead atoms. The van der Waals surface area contributed by atoms with Crippen molar-refractivity contribution in [2.75, 3.05) is 24.6 Å². The van der Waals surface area contributed by atoms with E-state index in [-0.39, 0.29) is 0 Å². The normalized spacial score (nSPS) is 18.1. The van der Waals surface area contributed by atoms with E-state index >= 15 is 0 Å². The Morgan fingerprint density at radius 3 is 2.59 bits per heavy atom. The van der Waals surface area contributed by atoms with Gasteiger partial charge in [0.15, 0.2) is 0 Å². The highest BCUT2D eigenvalue weighted by atomic mass is 32.2. The first-order valence-corrected chi connectivity index (χ1v) is 7.04. The van der Waals surface area contributed by atoms with Crippen molar-refractivity contribution < 1.29 is 14.1 Å². The Morgan fingerprint density at radius 2 is 1.94 bits per heavy atom. The second-order valence-electron chi connectivity index (χ2n) is 4.09. The highest BCUT2D eigenvalue weighted by Crippen LogP contribution is 2.13. The van der Waals surface area contributed by atoms with Crippen molar-refractivity contribution in [3.63, 3.8) is 0 Å². The molecule has 0 amide bonds.